The lowest BCUT2D eigenvalue weighted by Gasteiger charge is -2.25. The highest BCUT2D eigenvalue weighted by atomic mass is 16.3. The van der Waals surface area contributed by atoms with Gasteiger partial charge < -0.3 is 10.0 Å². The summed E-state index contributed by atoms with van der Waals surface area (Å²) in [4.78, 5) is 17.4. The van der Waals surface area contributed by atoms with Crippen molar-refractivity contribution in [2.75, 3.05) is 13.7 Å². The summed E-state index contributed by atoms with van der Waals surface area (Å²) < 4.78 is 0. The Kier molecular flexibility index (Phi) is 4.92. The van der Waals surface area contributed by atoms with Crippen LogP contribution in [0.3, 0.4) is 0 Å². The lowest BCUT2D eigenvalue weighted by molar-refractivity contribution is -0.132. The van der Waals surface area contributed by atoms with Crippen molar-refractivity contribution in [2.24, 2.45) is 0 Å². The third-order valence-electron chi connectivity index (χ3n) is 2.71. The van der Waals surface area contributed by atoms with Crippen molar-refractivity contribution in [1.82, 2.24) is 9.88 Å². The Balaban J connectivity index is 2.60. The highest BCUT2D eigenvalue weighted by Gasteiger charge is 2.16. The number of carbonyl (C=O) groups excluding carboxylic acids is 1. The molecule has 1 aromatic heterocycles. The molecule has 4 nitrogen and oxygen atoms in total. The SMILES string of the molecule is CC(c1ccncc1)N(C)C(=O)CCCO. The molecule has 0 saturated heterocycles. The summed E-state index contributed by atoms with van der Waals surface area (Å²) >= 11 is 0. The molecule has 1 unspecified atom stereocenters. The average molecular weight is 222 g/mol. The number of hydrogen-bond donors (Lipinski definition) is 1. The van der Waals surface area contributed by atoms with Crippen molar-refractivity contribution in [3.63, 3.8) is 0 Å². The predicted octanol–water partition coefficient (Wildman–Crippen LogP) is 1.37. The van der Waals surface area contributed by atoms with Crippen LogP contribution in [0.2, 0.25) is 0 Å². The number of pyridine rings is 1. The molecule has 0 radical (unpaired) electrons. The highest BCUT2D eigenvalue weighted by Crippen LogP contribution is 2.18. The molecule has 0 saturated carbocycles. The van der Waals surface area contributed by atoms with E-state index in [1.54, 1.807) is 24.3 Å². The van der Waals surface area contributed by atoms with Crippen molar-refractivity contribution >= 4 is 5.91 Å². The molecule has 16 heavy (non-hydrogen) atoms. The van der Waals surface area contributed by atoms with Crippen LogP contribution in [0.1, 0.15) is 31.4 Å². The fraction of sp³-hybridized carbons (Fsp3) is 0.500. The Bertz CT molecular complexity index is 327. The molecule has 1 rings (SSSR count). The molecule has 4 heteroatoms. The van der Waals surface area contributed by atoms with E-state index in [1.165, 1.54) is 0 Å². The minimum Gasteiger partial charge on any atom is -0.396 e. The first kappa shape index (κ1) is 12.6. The molecule has 1 heterocycles. The van der Waals surface area contributed by atoms with Crippen molar-refractivity contribution in [1.29, 1.82) is 0 Å². The molecule has 1 aromatic rings. The first-order chi connectivity index (χ1) is 7.66. The van der Waals surface area contributed by atoms with Gasteiger partial charge in [-0.3, -0.25) is 9.78 Å². The summed E-state index contributed by atoms with van der Waals surface area (Å²) in [5.41, 5.74) is 1.06. The standard InChI is InChI=1S/C12H18N2O2/c1-10(11-5-7-13-8-6-11)14(2)12(16)4-3-9-15/h5-8,10,15H,3-4,9H2,1-2H3. The normalized spacial score (nSPS) is 12.2. The van der Waals surface area contributed by atoms with Crippen LogP contribution in [-0.4, -0.2) is 34.6 Å². The van der Waals surface area contributed by atoms with Crippen molar-refractivity contribution in [3.8, 4) is 0 Å². The lowest BCUT2D eigenvalue weighted by atomic mass is 10.1. The molecule has 1 atom stereocenters. The number of amides is 1. The van der Waals surface area contributed by atoms with Gasteiger partial charge in [-0.05, 0) is 31.0 Å². The second kappa shape index (κ2) is 6.23. The monoisotopic (exact) mass is 222 g/mol. The lowest BCUT2D eigenvalue weighted by Crippen LogP contribution is -2.29. The average Bonchev–Trinajstić information content (AvgIpc) is 2.35. The Labute approximate surface area is 95.9 Å². The molecular formula is C12H18N2O2. The van der Waals surface area contributed by atoms with Gasteiger partial charge in [-0.15, -0.1) is 0 Å². The minimum absolute atomic E-state index is 0.0363. The molecule has 88 valence electrons. The van der Waals surface area contributed by atoms with Gasteiger partial charge in [0, 0.05) is 32.5 Å². The Morgan fingerprint density at radius 1 is 1.50 bits per heavy atom. The van der Waals surface area contributed by atoms with E-state index < -0.39 is 0 Å². The number of hydrogen-bond acceptors (Lipinski definition) is 3. The summed E-state index contributed by atoms with van der Waals surface area (Å²) in [6, 6.07) is 3.84. The van der Waals surface area contributed by atoms with Crippen LogP contribution < -0.4 is 0 Å². The van der Waals surface area contributed by atoms with Crippen LogP contribution in [0.15, 0.2) is 24.5 Å². The zero-order chi connectivity index (χ0) is 12.0. The predicted molar refractivity (Wildman–Crippen MR) is 61.7 cm³/mol. The maximum absolute atomic E-state index is 11.7. The smallest absolute Gasteiger partial charge is 0.222 e. The maximum atomic E-state index is 11.7. The van der Waals surface area contributed by atoms with Gasteiger partial charge in [0.2, 0.25) is 5.91 Å². The topological polar surface area (TPSA) is 53.4 Å². The summed E-state index contributed by atoms with van der Waals surface area (Å²) in [6.07, 6.45) is 4.35. The number of rotatable bonds is 5. The first-order valence-electron chi connectivity index (χ1n) is 5.43. The summed E-state index contributed by atoms with van der Waals surface area (Å²) in [5.74, 6) is 0.0540. The molecule has 0 aromatic carbocycles. The van der Waals surface area contributed by atoms with Gasteiger partial charge in [0.15, 0.2) is 0 Å². The van der Waals surface area contributed by atoms with Crippen LogP contribution in [0, 0.1) is 0 Å². The van der Waals surface area contributed by atoms with Gasteiger partial charge in [-0.2, -0.15) is 0 Å². The zero-order valence-electron chi connectivity index (χ0n) is 9.76. The van der Waals surface area contributed by atoms with E-state index in [4.69, 9.17) is 5.11 Å². The molecule has 1 N–H and O–H groups in total. The van der Waals surface area contributed by atoms with Crippen LogP contribution in [0.25, 0.3) is 0 Å². The van der Waals surface area contributed by atoms with Crippen molar-refractivity contribution in [3.05, 3.63) is 30.1 Å². The number of aromatic nitrogens is 1. The molecule has 0 bridgehead atoms. The van der Waals surface area contributed by atoms with E-state index in [9.17, 15) is 4.79 Å². The van der Waals surface area contributed by atoms with E-state index >= 15 is 0 Å². The Morgan fingerprint density at radius 3 is 2.69 bits per heavy atom. The van der Waals surface area contributed by atoms with Crippen molar-refractivity contribution < 1.29 is 9.90 Å². The summed E-state index contributed by atoms with van der Waals surface area (Å²) in [5, 5.41) is 8.67. The zero-order valence-corrected chi connectivity index (χ0v) is 9.76. The number of aliphatic hydroxyl groups is 1. The number of aliphatic hydroxyl groups excluding tert-OH is 1. The van der Waals surface area contributed by atoms with Gasteiger partial charge in [-0.1, -0.05) is 0 Å². The van der Waals surface area contributed by atoms with Crippen LogP contribution in [-0.2, 0) is 4.79 Å². The first-order valence-corrected chi connectivity index (χ1v) is 5.43. The van der Waals surface area contributed by atoms with Gasteiger partial charge in [-0.25, -0.2) is 0 Å². The quantitative estimate of drug-likeness (QED) is 0.818. The van der Waals surface area contributed by atoms with Crippen molar-refractivity contribution in [2.45, 2.75) is 25.8 Å². The molecule has 1 amide bonds. The second-order valence-electron chi connectivity index (χ2n) is 3.79. The number of nitrogens with zero attached hydrogens (tertiary/aromatic N) is 2. The van der Waals surface area contributed by atoms with Gasteiger partial charge in [0.05, 0.1) is 6.04 Å². The molecule has 0 aliphatic heterocycles. The molecule has 0 aliphatic rings. The molecule has 0 aliphatic carbocycles. The Morgan fingerprint density at radius 2 is 2.12 bits per heavy atom. The summed E-state index contributed by atoms with van der Waals surface area (Å²) in [6.45, 7) is 2.04. The maximum Gasteiger partial charge on any atom is 0.222 e. The van der Waals surface area contributed by atoms with E-state index in [-0.39, 0.29) is 18.6 Å². The summed E-state index contributed by atoms with van der Waals surface area (Å²) in [7, 11) is 1.78. The molecule has 0 fully saturated rings. The van der Waals surface area contributed by atoms with E-state index in [0.29, 0.717) is 12.8 Å². The second-order valence-corrected chi connectivity index (χ2v) is 3.79. The third-order valence-corrected chi connectivity index (χ3v) is 2.71. The van der Waals surface area contributed by atoms with Gasteiger partial charge >= 0.3 is 0 Å². The van der Waals surface area contributed by atoms with E-state index in [1.807, 2.05) is 19.1 Å². The third kappa shape index (κ3) is 3.31. The van der Waals surface area contributed by atoms with Crippen LogP contribution in [0.4, 0.5) is 0 Å². The number of carbonyl (C=O) groups is 1. The fourth-order valence-electron chi connectivity index (χ4n) is 1.49. The highest BCUT2D eigenvalue weighted by molar-refractivity contribution is 5.76. The molecule has 0 spiro atoms. The Hall–Kier alpha value is -1.42. The van der Waals surface area contributed by atoms with Crippen LogP contribution >= 0.6 is 0 Å². The fourth-order valence-corrected chi connectivity index (χ4v) is 1.49. The van der Waals surface area contributed by atoms with Crippen LogP contribution in [0.5, 0.6) is 0 Å². The van der Waals surface area contributed by atoms with E-state index in [0.717, 1.165) is 5.56 Å². The largest absolute Gasteiger partial charge is 0.396 e. The minimum atomic E-state index is 0.0363. The molecular weight excluding hydrogens is 204 g/mol. The van der Waals surface area contributed by atoms with Gasteiger partial charge in [0.25, 0.3) is 0 Å². The van der Waals surface area contributed by atoms with Gasteiger partial charge in [0.1, 0.15) is 0 Å². The van der Waals surface area contributed by atoms with E-state index in [2.05, 4.69) is 4.98 Å².